The molecule has 1 heterocycles. The number of nitrogens with zero attached hydrogens (tertiary/aromatic N) is 1. The topological polar surface area (TPSA) is 182 Å². The number of amides is 3. The van der Waals surface area contributed by atoms with Crippen molar-refractivity contribution in [2.24, 2.45) is 5.73 Å². The average Bonchev–Trinajstić information content (AvgIpc) is 3.38. The lowest BCUT2D eigenvalue weighted by Crippen LogP contribution is -2.60. The Balaban J connectivity index is 1.76. The summed E-state index contributed by atoms with van der Waals surface area (Å²) < 4.78 is 0. The Kier molecular flexibility index (Phi) is 9.80. The van der Waals surface area contributed by atoms with E-state index in [1.54, 1.807) is 12.1 Å². The molecule has 0 bridgehead atoms. The first kappa shape index (κ1) is 28.6. The van der Waals surface area contributed by atoms with Gasteiger partial charge in [-0.3, -0.25) is 14.4 Å². The molecule has 1 fully saturated rings. The molecule has 0 spiro atoms. The van der Waals surface area contributed by atoms with Gasteiger partial charge in [-0.15, -0.1) is 0 Å². The van der Waals surface area contributed by atoms with E-state index in [2.05, 4.69) is 10.6 Å². The number of benzene rings is 2. The largest absolute Gasteiger partial charge is 0.508 e. The second-order valence-electron chi connectivity index (χ2n) is 9.48. The number of carboxylic acids is 1. The predicted molar refractivity (Wildman–Crippen MR) is 138 cm³/mol. The van der Waals surface area contributed by atoms with Crippen molar-refractivity contribution in [3.05, 3.63) is 65.7 Å². The predicted octanol–water partition coefficient (Wildman–Crippen LogP) is -0.0693. The van der Waals surface area contributed by atoms with Crippen molar-refractivity contribution in [1.29, 1.82) is 0 Å². The first-order valence-corrected chi connectivity index (χ1v) is 12.5. The summed E-state index contributed by atoms with van der Waals surface area (Å²) in [5.41, 5.74) is 7.46. The standard InChI is InChI=1S/C27H34N4O7/c1-16(32)23(30-24(34)20(28)14-17-6-3-2-4-7-17)25(35)29-21(15-18-9-11-19(33)12-10-18)26(36)31-13-5-8-22(31)27(37)38/h2-4,6-7,9-12,16,20-23,32-33H,5,8,13-15,28H2,1H3,(H,29,35)(H,30,34)(H,37,38)/t16-,20+,21+,22+,23+/m1/s1. The monoisotopic (exact) mass is 526 g/mol. The molecule has 1 aliphatic heterocycles. The highest BCUT2D eigenvalue weighted by atomic mass is 16.4. The molecule has 0 aliphatic carbocycles. The second-order valence-corrected chi connectivity index (χ2v) is 9.48. The van der Waals surface area contributed by atoms with Gasteiger partial charge < -0.3 is 36.6 Å². The Morgan fingerprint density at radius 3 is 2.21 bits per heavy atom. The molecule has 0 radical (unpaired) electrons. The van der Waals surface area contributed by atoms with Crippen molar-refractivity contribution >= 4 is 23.7 Å². The molecule has 1 saturated heterocycles. The number of aliphatic hydroxyl groups excluding tert-OH is 1. The summed E-state index contributed by atoms with van der Waals surface area (Å²) in [6, 6.07) is 10.5. The third-order valence-corrected chi connectivity index (χ3v) is 6.51. The number of rotatable bonds is 11. The average molecular weight is 527 g/mol. The molecule has 0 saturated carbocycles. The van der Waals surface area contributed by atoms with Crippen molar-refractivity contribution in [2.75, 3.05) is 6.54 Å². The van der Waals surface area contributed by atoms with Crippen molar-refractivity contribution in [3.63, 3.8) is 0 Å². The Labute approximate surface area is 220 Å². The van der Waals surface area contributed by atoms with Gasteiger partial charge in [-0.05, 0) is 49.4 Å². The minimum Gasteiger partial charge on any atom is -0.508 e. The van der Waals surface area contributed by atoms with Gasteiger partial charge in [0.15, 0.2) is 0 Å². The van der Waals surface area contributed by atoms with E-state index in [-0.39, 0.29) is 25.1 Å². The first-order chi connectivity index (χ1) is 18.1. The molecular weight excluding hydrogens is 492 g/mol. The number of likely N-dealkylation sites (tertiary alicyclic amines) is 1. The second kappa shape index (κ2) is 13.0. The van der Waals surface area contributed by atoms with Crippen molar-refractivity contribution in [3.8, 4) is 5.75 Å². The van der Waals surface area contributed by atoms with Crippen LogP contribution >= 0.6 is 0 Å². The van der Waals surface area contributed by atoms with Crippen LogP contribution in [-0.2, 0) is 32.0 Å². The van der Waals surface area contributed by atoms with Gasteiger partial charge in [0.2, 0.25) is 17.7 Å². The minimum absolute atomic E-state index is 0.00168. The van der Waals surface area contributed by atoms with Crippen molar-refractivity contribution in [1.82, 2.24) is 15.5 Å². The van der Waals surface area contributed by atoms with E-state index in [4.69, 9.17) is 5.73 Å². The molecule has 11 heteroatoms. The van der Waals surface area contributed by atoms with Crippen LogP contribution in [0.5, 0.6) is 5.75 Å². The van der Waals surface area contributed by atoms with E-state index >= 15 is 0 Å². The maximum absolute atomic E-state index is 13.4. The summed E-state index contributed by atoms with van der Waals surface area (Å²) in [6.45, 7) is 1.55. The highest BCUT2D eigenvalue weighted by Gasteiger charge is 2.39. The van der Waals surface area contributed by atoms with Crippen LogP contribution < -0.4 is 16.4 Å². The summed E-state index contributed by atoms with van der Waals surface area (Å²) in [5.74, 6) is -3.17. The lowest BCUT2D eigenvalue weighted by molar-refractivity contribution is -0.149. The van der Waals surface area contributed by atoms with Gasteiger partial charge in [0.25, 0.3) is 0 Å². The van der Waals surface area contributed by atoms with E-state index in [9.17, 15) is 34.5 Å². The van der Waals surface area contributed by atoms with Crippen LogP contribution in [0.2, 0.25) is 0 Å². The van der Waals surface area contributed by atoms with E-state index in [0.29, 0.717) is 18.4 Å². The lowest BCUT2D eigenvalue weighted by Gasteiger charge is -2.29. The molecule has 0 aromatic heterocycles. The Hall–Kier alpha value is -3.96. The van der Waals surface area contributed by atoms with Gasteiger partial charge in [0, 0.05) is 13.0 Å². The summed E-state index contributed by atoms with van der Waals surface area (Å²) >= 11 is 0. The molecular formula is C27H34N4O7. The Bertz CT molecular complexity index is 1120. The zero-order valence-corrected chi connectivity index (χ0v) is 21.1. The number of aromatic hydroxyl groups is 1. The molecule has 1 aliphatic rings. The van der Waals surface area contributed by atoms with Crippen LogP contribution in [0.25, 0.3) is 0 Å². The fraction of sp³-hybridized carbons (Fsp3) is 0.407. The molecule has 2 aromatic carbocycles. The quantitative estimate of drug-likeness (QED) is 0.235. The lowest BCUT2D eigenvalue weighted by atomic mass is 10.0. The molecule has 0 unspecified atom stereocenters. The highest BCUT2D eigenvalue weighted by molar-refractivity contribution is 5.94. The number of phenolic OH excluding ortho intramolecular Hbond substituents is 1. The molecule has 3 rings (SSSR count). The number of carbonyl (C=O) groups excluding carboxylic acids is 3. The number of aliphatic carboxylic acids is 1. The molecule has 11 nitrogen and oxygen atoms in total. The zero-order valence-electron chi connectivity index (χ0n) is 21.1. The van der Waals surface area contributed by atoms with Gasteiger partial charge in [0.05, 0.1) is 12.1 Å². The number of nitrogens with two attached hydrogens (primary N) is 1. The smallest absolute Gasteiger partial charge is 0.326 e. The number of nitrogens with one attached hydrogen (secondary N) is 2. The van der Waals surface area contributed by atoms with E-state index in [0.717, 1.165) is 5.56 Å². The SMILES string of the molecule is C[C@@H](O)[C@H](NC(=O)[C@@H](N)Cc1ccccc1)C(=O)N[C@@H](Cc1ccc(O)cc1)C(=O)N1CCC[C@H]1C(=O)O. The van der Waals surface area contributed by atoms with Crippen LogP contribution in [0.4, 0.5) is 0 Å². The van der Waals surface area contributed by atoms with Gasteiger partial charge in [-0.2, -0.15) is 0 Å². The number of hydrogen-bond donors (Lipinski definition) is 6. The third-order valence-electron chi connectivity index (χ3n) is 6.51. The summed E-state index contributed by atoms with van der Waals surface area (Å²) in [6.07, 6.45) is -0.289. The van der Waals surface area contributed by atoms with Crippen LogP contribution in [0.1, 0.15) is 30.9 Å². The van der Waals surface area contributed by atoms with Gasteiger partial charge in [-0.1, -0.05) is 42.5 Å². The van der Waals surface area contributed by atoms with E-state index in [1.807, 2.05) is 30.3 Å². The fourth-order valence-electron chi connectivity index (χ4n) is 4.44. The van der Waals surface area contributed by atoms with Gasteiger partial charge in [-0.25, -0.2) is 4.79 Å². The minimum atomic E-state index is -1.41. The zero-order chi connectivity index (χ0) is 27.8. The van der Waals surface area contributed by atoms with Crippen molar-refractivity contribution < 1.29 is 34.5 Å². The molecule has 3 amide bonds. The third kappa shape index (κ3) is 7.53. The molecule has 204 valence electrons. The Morgan fingerprint density at radius 2 is 1.61 bits per heavy atom. The number of carbonyl (C=O) groups is 4. The molecule has 7 N–H and O–H groups in total. The molecule has 2 aromatic rings. The summed E-state index contributed by atoms with van der Waals surface area (Å²) in [4.78, 5) is 52.3. The number of phenols is 1. The maximum Gasteiger partial charge on any atom is 0.326 e. The molecule has 5 atom stereocenters. The first-order valence-electron chi connectivity index (χ1n) is 12.5. The van der Waals surface area contributed by atoms with Crippen LogP contribution in [0.3, 0.4) is 0 Å². The van der Waals surface area contributed by atoms with E-state index in [1.165, 1.54) is 24.0 Å². The summed E-state index contributed by atoms with van der Waals surface area (Å²) in [7, 11) is 0. The highest BCUT2D eigenvalue weighted by Crippen LogP contribution is 2.20. The number of hydrogen-bond acceptors (Lipinski definition) is 7. The fourth-order valence-corrected chi connectivity index (χ4v) is 4.44. The summed E-state index contributed by atoms with van der Waals surface area (Å²) in [5, 5.41) is 34.5. The van der Waals surface area contributed by atoms with Crippen molar-refractivity contribution in [2.45, 2.75) is 62.9 Å². The number of carboxylic acid groups (broad SMARTS) is 1. The van der Waals surface area contributed by atoms with Crippen LogP contribution in [0, 0.1) is 0 Å². The Morgan fingerprint density at radius 1 is 0.974 bits per heavy atom. The van der Waals surface area contributed by atoms with E-state index < -0.39 is 54.0 Å². The van der Waals surface area contributed by atoms with Gasteiger partial charge >= 0.3 is 5.97 Å². The number of aliphatic hydroxyl groups is 1. The van der Waals surface area contributed by atoms with Crippen LogP contribution in [-0.4, -0.2) is 80.7 Å². The van der Waals surface area contributed by atoms with Crippen LogP contribution in [0.15, 0.2) is 54.6 Å². The molecule has 38 heavy (non-hydrogen) atoms. The van der Waals surface area contributed by atoms with Gasteiger partial charge in [0.1, 0.15) is 23.9 Å². The maximum atomic E-state index is 13.4. The normalized spacial score (nSPS) is 18.2.